The van der Waals surface area contributed by atoms with Crippen LogP contribution in [-0.2, 0) is 5.11 Å². The Morgan fingerprint density at radius 2 is 2.18 bits per heavy atom. The Kier molecular flexibility index (Phi) is 2.66. The van der Waals surface area contributed by atoms with Crippen molar-refractivity contribution in [3.05, 3.63) is 35.4 Å². The second-order valence-corrected chi connectivity index (χ2v) is 2.81. The molecule has 1 nitrogen and oxygen atoms in total. The van der Waals surface area contributed by atoms with E-state index in [2.05, 4.69) is 0 Å². The molecule has 1 rings (SSSR count). The lowest BCUT2D eigenvalue weighted by molar-refractivity contribution is 0.0857. The highest BCUT2D eigenvalue weighted by atomic mass is 16.3. The van der Waals surface area contributed by atoms with Crippen molar-refractivity contribution < 1.29 is 5.11 Å². The van der Waals surface area contributed by atoms with E-state index in [1.165, 1.54) is 0 Å². The van der Waals surface area contributed by atoms with E-state index in [1.54, 1.807) is 0 Å². The van der Waals surface area contributed by atoms with Crippen molar-refractivity contribution in [3.8, 4) is 0 Å². The summed E-state index contributed by atoms with van der Waals surface area (Å²) in [7, 11) is 0. The molecule has 1 aromatic carbocycles. The average molecular weight is 149 g/mol. The highest BCUT2D eigenvalue weighted by molar-refractivity contribution is 5.23. The van der Waals surface area contributed by atoms with Crippen molar-refractivity contribution in [2.75, 3.05) is 0 Å². The minimum Gasteiger partial charge on any atom is -0.228 e. The summed E-state index contributed by atoms with van der Waals surface area (Å²) < 4.78 is 0. The molecule has 1 aromatic rings. The average Bonchev–Trinajstić information content (AvgIpc) is 2.03. The molecule has 0 amide bonds. The molecule has 0 fully saturated rings. The lowest BCUT2D eigenvalue weighted by Crippen LogP contribution is -1.92. The molecular weight excluding hydrogens is 136 g/mol. The number of hydrogen-bond acceptors (Lipinski definition) is 0. The lowest BCUT2D eigenvalue weighted by atomic mass is 10.1. The largest absolute Gasteiger partial charge is 0.228 e. The zero-order valence-corrected chi connectivity index (χ0v) is 7.00. The van der Waals surface area contributed by atoms with Gasteiger partial charge in [-0.3, -0.25) is 0 Å². The maximum absolute atomic E-state index is 11.2. The van der Waals surface area contributed by atoms with Crippen LogP contribution in [0.25, 0.3) is 0 Å². The smallest absolute Gasteiger partial charge is 0.118 e. The molecule has 0 aliphatic heterocycles. The third kappa shape index (κ3) is 2.05. The summed E-state index contributed by atoms with van der Waals surface area (Å²) in [5.74, 6) is 0. The molecule has 0 spiro atoms. The number of rotatable bonds is 2. The van der Waals surface area contributed by atoms with E-state index in [0.29, 0.717) is 6.42 Å². The SMILES string of the molecule is CCC([O])c1cccc(C)c1. The van der Waals surface area contributed by atoms with Crippen molar-refractivity contribution >= 4 is 0 Å². The van der Waals surface area contributed by atoms with Gasteiger partial charge in [0.1, 0.15) is 6.10 Å². The molecule has 1 unspecified atom stereocenters. The lowest BCUT2D eigenvalue weighted by Gasteiger charge is -2.05. The van der Waals surface area contributed by atoms with Gasteiger partial charge in [-0.1, -0.05) is 36.8 Å². The Morgan fingerprint density at radius 1 is 1.45 bits per heavy atom. The van der Waals surface area contributed by atoms with Crippen molar-refractivity contribution in [1.82, 2.24) is 0 Å². The quantitative estimate of drug-likeness (QED) is 0.616. The van der Waals surface area contributed by atoms with Crippen LogP contribution < -0.4 is 0 Å². The predicted octanol–water partition coefficient (Wildman–Crippen LogP) is 2.88. The molecule has 1 heteroatoms. The van der Waals surface area contributed by atoms with Gasteiger partial charge in [0.05, 0.1) is 0 Å². The van der Waals surface area contributed by atoms with Gasteiger partial charge in [0.2, 0.25) is 0 Å². The fraction of sp³-hybridized carbons (Fsp3) is 0.400. The summed E-state index contributed by atoms with van der Waals surface area (Å²) in [6.45, 7) is 3.92. The van der Waals surface area contributed by atoms with Crippen LogP contribution in [0.3, 0.4) is 0 Å². The Bertz CT molecular complexity index is 230. The van der Waals surface area contributed by atoms with Crippen LogP contribution in [0.5, 0.6) is 0 Å². The number of aryl methyl sites for hydroxylation is 1. The van der Waals surface area contributed by atoms with E-state index in [-0.39, 0.29) is 0 Å². The first-order chi connectivity index (χ1) is 5.24. The van der Waals surface area contributed by atoms with Gasteiger partial charge in [-0.05, 0) is 18.9 Å². The molecule has 0 aromatic heterocycles. The summed E-state index contributed by atoms with van der Waals surface area (Å²) in [4.78, 5) is 0. The Morgan fingerprint density at radius 3 is 2.73 bits per heavy atom. The van der Waals surface area contributed by atoms with E-state index >= 15 is 0 Å². The van der Waals surface area contributed by atoms with Gasteiger partial charge in [-0.25, -0.2) is 5.11 Å². The van der Waals surface area contributed by atoms with Crippen LogP contribution in [0, 0.1) is 6.92 Å². The highest BCUT2D eigenvalue weighted by Gasteiger charge is 2.04. The van der Waals surface area contributed by atoms with Crippen LogP contribution in [-0.4, -0.2) is 0 Å². The minimum atomic E-state index is -0.546. The first-order valence-corrected chi connectivity index (χ1v) is 3.96. The molecule has 0 saturated carbocycles. The molecule has 0 bridgehead atoms. The molecule has 11 heavy (non-hydrogen) atoms. The zero-order chi connectivity index (χ0) is 8.27. The molecule has 59 valence electrons. The third-order valence-corrected chi connectivity index (χ3v) is 1.78. The minimum absolute atomic E-state index is 0.546. The van der Waals surface area contributed by atoms with Crippen LogP contribution in [0.15, 0.2) is 24.3 Å². The number of hydrogen-bond donors (Lipinski definition) is 0. The molecule has 1 radical (unpaired) electrons. The van der Waals surface area contributed by atoms with Crippen molar-refractivity contribution in [2.45, 2.75) is 26.4 Å². The summed E-state index contributed by atoms with van der Waals surface area (Å²) in [6, 6.07) is 7.80. The maximum Gasteiger partial charge on any atom is 0.118 e. The van der Waals surface area contributed by atoms with E-state index in [0.717, 1.165) is 11.1 Å². The van der Waals surface area contributed by atoms with E-state index < -0.39 is 6.10 Å². The van der Waals surface area contributed by atoms with Crippen molar-refractivity contribution in [3.63, 3.8) is 0 Å². The monoisotopic (exact) mass is 149 g/mol. The van der Waals surface area contributed by atoms with Gasteiger partial charge in [-0.15, -0.1) is 0 Å². The molecule has 0 N–H and O–H groups in total. The first-order valence-electron chi connectivity index (χ1n) is 3.96. The predicted molar refractivity (Wildman–Crippen MR) is 44.9 cm³/mol. The first kappa shape index (κ1) is 8.28. The summed E-state index contributed by atoms with van der Waals surface area (Å²) in [6.07, 6.45) is 0.124. The van der Waals surface area contributed by atoms with Gasteiger partial charge in [0, 0.05) is 0 Å². The molecule has 0 aliphatic carbocycles. The van der Waals surface area contributed by atoms with Gasteiger partial charge in [-0.2, -0.15) is 0 Å². The standard InChI is InChI=1S/C10H13O/c1-3-10(11)9-6-4-5-8(2)7-9/h4-7,10H,3H2,1-2H3. The Labute approximate surface area is 67.7 Å². The fourth-order valence-electron chi connectivity index (χ4n) is 1.11. The summed E-state index contributed by atoms with van der Waals surface area (Å²) in [5.41, 5.74) is 2.07. The summed E-state index contributed by atoms with van der Waals surface area (Å²) in [5, 5.41) is 11.2. The number of benzene rings is 1. The fourth-order valence-corrected chi connectivity index (χ4v) is 1.11. The van der Waals surface area contributed by atoms with E-state index in [1.807, 2.05) is 38.1 Å². The van der Waals surface area contributed by atoms with Gasteiger partial charge in [0.15, 0.2) is 0 Å². The van der Waals surface area contributed by atoms with E-state index in [9.17, 15) is 5.11 Å². The van der Waals surface area contributed by atoms with Crippen molar-refractivity contribution in [1.29, 1.82) is 0 Å². The second-order valence-electron chi connectivity index (χ2n) is 2.81. The third-order valence-electron chi connectivity index (χ3n) is 1.78. The van der Waals surface area contributed by atoms with Crippen molar-refractivity contribution in [2.24, 2.45) is 0 Å². The molecule has 0 aliphatic rings. The zero-order valence-electron chi connectivity index (χ0n) is 7.00. The molecule has 0 heterocycles. The maximum atomic E-state index is 11.2. The molecular formula is C10H13O. The summed E-state index contributed by atoms with van der Waals surface area (Å²) >= 11 is 0. The topological polar surface area (TPSA) is 19.9 Å². The van der Waals surface area contributed by atoms with Crippen LogP contribution in [0.4, 0.5) is 0 Å². The van der Waals surface area contributed by atoms with E-state index in [4.69, 9.17) is 0 Å². The van der Waals surface area contributed by atoms with Crippen LogP contribution in [0.2, 0.25) is 0 Å². The highest BCUT2D eigenvalue weighted by Crippen LogP contribution is 2.17. The Hall–Kier alpha value is -0.820. The second kappa shape index (κ2) is 3.54. The van der Waals surface area contributed by atoms with Gasteiger partial charge >= 0.3 is 0 Å². The molecule has 1 atom stereocenters. The van der Waals surface area contributed by atoms with Gasteiger partial charge < -0.3 is 0 Å². The van der Waals surface area contributed by atoms with Crippen LogP contribution in [0.1, 0.15) is 30.6 Å². The van der Waals surface area contributed by atoms with Gasteiger partial charge in [0.25, 0.3) is 0 Å². The molecule has 0 saturated heterocycles. The van der Waals surface area contributed by atoms with Crippen LogP contribution >= 0.6 is 0 Å². The normalized spacial score (nSPS) is 13.0. The Balaban J connectivity index is 2.86.